The number of hydrogen-bond acceptors (Lipinski definition) is 5. The summed E-state index contributed by atoms with van der Waals surface area (Å²) in [6, 6.07) is 17.3. The second kappa shape index (κ2) is 10.1. The Hall–Kier alpha value is -3.68. The van der Waals surface area contributed by atoms with E-state index in [1.54, 1.807) is 24.3 Å². The third kappa shape index (κ3) is 5.32. The number of benzene rings is 2. The van der Waals surface area contributed by atoms with Gasteiger partial charge >= 0.3 is 0 Å². The quantitative estimate of drug-likeness (QED) is 0.479. The predicted octanol–water partition coefficient (Wildman–Crippen LogP) is 2.92. The second-order valence-corrected chi connectivity index (χ2v) is 7.75. The molecular weight excluding hydrogens is 406 g/mol. The molecule has 2 amide bonds. The summed E-state index contributed by atoms with van der Waals surface area (Å²) in [6.45, 7) is 2.85. The zero-order valence-electron chi connectivity index (χ0n) is 18.1. The van der Waals surface area contributed by atoms with Gasteiger partial charge in [0.25, 0.3) is 17.7 Å². The molecule has 8 nitrogen and oxygen atoms in total. The number of carbonyl (C=O) groups excluding carboxylic acids is 2. The lowest BCUT2D eigenvalue weighted by Crippen LogP contribution is -2.26. The number of nitrogens with one attached hydrogen (secondary N) is 2. The molecule has 0 atom stereocenters. The highest BCUT2D eigenvalue weighted by molar-refractivity contribution is 5.95. The minimum absolute atomic E-state index is 0.139. The van der Waals surface area contributed by atoms with Crippen molar-refractivity contribution in [3.63, 3.8) is 0 Å². The molecule has 1 fully saturated rings. The van der Waals surface area contributed by atoms with E-state index < -0.39 is 0 Å². The van der Waals surface area contributed by atoms with Gasteiger partial charge in [-0.3, -0.25) is 9.59 Å². The van der Waals surface area contributed by atoms with Crippen molar-refractivity contribution in [2.75, 3.05) is 13.2 Å². The standard InChI is InChI=1S/C24H27N5O3/c1-2-25-22(30)18-10-14-20(15-11-18)29-24(21(27-28-29)23(31)26-19-12-13-19)32-16-6-9-17-7-4-3-5-8-17/h3-5,7-8,10-11,14-15,19H,2,6,9,12-13,16H2,1H3,(H,25,30)(H,26,31). The highest BCUT2D eigenvalue weighted by Gasteiger charge is 2.28. The van der Waals surface area contributed by atoms with E-state index in [1.165, 1.54) is 10.2 Å². The normalized spacial score (nSPS) is 12.9. The number of aromatic nitrogens is 3. The van der Waals surface area contributed by atoms with Gasteiger partial charge in [-0.15, -0.1) is 5.10 Å². The molecule has 1 aliphatic carbocycles. The topological polar surface area (TPSA) is 98.1 Å². The van der Waals surface area contributed by atoms with Crippen LogP contribution < -0.4 is 15.4 Å². The van der Waals surface area contributed by atoms with Gasteiger partial charge in [0.05, 0.1) is 12.3 Å². The maximum atomic E-state index is 12.7. The van der Waals surface area contributed by atoms with E-state index in [1.807, 2.05) is 25.1 Å². The fourth-order valence-corrected chi connectivity index (χ4v) is 3.30. The monoisotopic (exact) mass is 433 g/mol. The molecule has 2 aromatic carbocycles. The van der Waals surface area contributed by atoms with E-state index in [0.717, 1.165) is 25.7 Å². The third-order valence-electron chi connectivity index (χ3n) is 5.16. The van der Waals surface area contributed by atoms with Gasteiger partial charge in [-0.2, -0.15) is 4.68 Å². The van der Waals surface area contributed by atoms with Crippen molar-refractivity contribution in [3.05, 3.63) is 71.4 Å². The van der Waals surface area contributed by atoms with Crippen LogP contribution in [0.5, 0.6) is 5.88 Å². The van der Waals surface area contributed by atoms with Gasteiger partial charge < -0.3 is 15.4 Å². The molecule has 32 heavy (non-hydrogen) atoms. The lowest BCUT2D eigenvalue weighted by molar-refractivity contribution is 0.0937. The van der Waals surface area contributed by atoms with Crippen molar-refractivity contribution in [3.8, 4) is 11.6 Å². The lowest BCUT2D eigenvalue weighted by Gasteiger charge is -2.11. The Kier molecular flexibility index (Phi) is 6.79. The molecule has 2 N–H and O–H groups in total. The van der Waals surface area contributed by atoms with Crippen LogP contribution >= 0.6 is 0 Å². The van der Waals surface area contributed by atoms with Gasteiger partial charge in [0, 0.05) is 18.2 Å². The fourth-order valence-electron chi connectivity index (χ4n) is 3.30. The largest absolute Gasteiger partial charge is 0.476 e. The van der Waals surface area contributed by atoms with Crippen LogP contribution in [0.4, 0.5) is 0 Å². The Bertz CT molecular complexity index is 1060. The number of aryl methyl sites for hydroxylation is 1. The van der Waals surface area contributed by atoms with E-state index >= 15 is 0 Å². The van der Waals surface area contributed by atoms with Crippen LogP contribution in [0, 0.1) is 0 Å². The smallest absolute Gasteiger partial charge is 0.277 e. The number of carbonyl (C=O) groups is 2. The zero-order valence-corrected chi connectivity index (χ0v) is 18.1. The van der Waals surface area contributed by atoms with Crippen LogP contribution in [0.2, 0.25) is 0 Å². The van der Waals surface area contributed by atoms with E-state index in [4.69, 9.17) is 4.74 Å². The molecule has 3 aromatic rings. The molecule has 0 spiro atoms. The van der Waals surface area contributed by atoms with Crippen LogP contribution in [0.3, 0.4) is 0 Å². The number of hydrogen-bond donors (Lipinski definition) is 2. The first-order chi connectivity index (χ1) is 15.7. The number of amides is 2. The summed E-state index contributed by atoms with van der Waals surface area (Å²) < 4.78 is 7.53. The Morgan fingerprint density at radius 1 is 1.06 bits per heavy atom. The zero-order chi connectivity index (χ0) is 22.3. The van der Waals surface area contributed by atoms with Crippen molar-refractivity contribution in [2.45, 2.75) is 38.6 Å². The van der Waals surface area contributed by atoms with Crippen molar-refractivity contribution in [2.24, 2.45) is 0 Å². The molecule has 1 heterocycles. The summed E-state index contributed by atoms with van der Waals surface area (Å²) in [6.07, 6.45) is 3.62. The lowest BCUT2D eigenvalue weighted by atomic mass is 10.1. The maximum Gasteiger partial charge on any atom is 0.277 e. The summed E-state index contributed by atoms with van der Waals surface area (Å²) >= 11 is 0. The maximum absolute atomic E-state index is 12.7. The number of ether oxygens (including phenoxy) is 1. The van der Waals surface area contributed by atoms with Crippen molar-refractivity contribution in [1.82, 2.24) is 25.6 Å². The summed E-state index contributed by atoms with van der Waals surface area (Å²) in [7, 11) is 0. The Balaban J connectivity index is 1.51. The first-order valence-corrected chi connectivity index (χ1v) is 11.0. The molecule has 0 bridgehead atoms. The molecule has 1 aliphatic rings. The molecule has 1 aromatic heterocycles. The third-order valence-corrected chi connectivity index (χ3v) is 5.16. The van der Waals surface area contributed by atoms with Crippen LogP contribution in [-0.4, -0.2) is 46.0 Å². The molecule has 0 radical (unpaired) electrons. The first-order valence-electron chi connectivity index (χ1n) is 11.0. The van der Waals surface area contributed by atoms with Crippen molar-refractivity contribution in [1.29, 1.82) is 0 Å². The van der Waals surface area contributed by atoms with E-state index in [2.05, 4.69) is 33.1 Å². The molecule has 1 saturated carbocycles. The Morgan fingerprint density at radius 2 is 1.81 bits per heavy atom. The van der Waals surface area contributed by atoms with Gasteiger partial charge in [0.15, 0.2) is 0 Å². The summed E-state index contributed by atoms with van der Waals surface area (Å²) in [5.74, 6) is -0.114. The van der Waals surface area contributed by atoms with Crippen LogP contribution in [0.1, 0.15) is 52.6 Å². The summed E-state index contributed by atoms with van der Waals surface area (Å²) in [4.78, 5) is 24.7. The van der Waals surface area contributed by atoms with Gasteiger partial charge in [0.1, 0.15) is 0 Å². The number of nitrogens with zero attached hydrogens (tertiary/aromatic N) is 3. The number of rotatable bonds is 10. The summed E-state index contributed by atoms with van der Waals surface area (Å²) in [5.41, 5.74) is 2.61. The predicted molar refractivity (Wildman–Crippen MR) is 120 cm³/mol. The minimum Gasteiger partial charge on any atom is -0.476 e. The molecule has 0 aliphatic heterocycles. The minimum atomic E-state index is -0.282. The molecule has 166 valence electrons. The van der Waals surface area contributed by atoms with Gasteiger partial charge in [-0.05, 0) is 62.4 Å². The van der Waals surface area contributed by atoms with E-state index in [0.29, 0.717) is 30.3 Å². The highest BCUT2D eigenvalue weighted by Crippen LogP contribution is 2.24. The van der Waals surface area contributed by atoms with Crippen LogP contribution in [-0.2, 0) is 6.42 Å². The molecule has 0 saturated heterocycles. The highest BCUT2D eigenvalue weighted by atomic mass is 16.5. The second-order valence-electron chi connectivity index (χ2n) is 7.75. The molecule has 4 rings (SSSR count). The average molecular weight is 434 g/mol. The molecule has 0 unspecified atom stereocenters. The van der Waals surface area contributed by atoms with Crippen molar-refractivity contribution >= 4 is 11.8 Å². The van der Waals surface area contributed by atoms with Gasteiger partial charge in [-0.1, -0.05) is 35.5 Å². The van der Waals surface area contributed by atoms with Crippen LogP contribution in [0.25, 0.3) is 5.69 Å². The Labute approximate surface area is 187 Å². The van der Waals surface area contributed by atoms with E-state index in [9.17, 15) is 9.59 Å². The fraction of sp³-hybridized carbons (Fsp3) is 0.333. The molecule has 8 heteroatoms. The van der Waals surface area contributed by atoms with Crippen molar-refractivity contribution < 1.29 is 14.3 Å². The average Bonchev–Trinajstić information content (AvgIpc) is 3.53. The van der Waals surface area contributed by atoms with Gasteiger partial charge in [0.2, 0.25) is 5.69 Å². The Morgan fingerprint density at radius 3 is 2.50 bits per heavy atom. The summed E-state index contributed by atoms with van der Waals surface area (Å²) in [5, 5.41) is 14.0. The van der Waals surface area contributed by atoms with Crippen LogP contribution in [0.15, 0.2) is 54.6 Å². The SMILES string of the molecule is CCNC(=O)c1ccc(-n2nnc(C(=O)NC3CC3)c2OCCCc2ccccc2)cc1. The molecular formula is C24H27N5O3. The first kappa shape index (κ1) is 21.5. The van der Waals surface area contributed by atoms with E-state index in [-0.39, 0.29) is 23.6 Å². The van der Waals surface area contributed by atoms with Gasteiger partial charge in [-0.25, -0.2) is 0 Å².